The van der Waals surface area contributed by atoms with Gasteiger partial charge in [-0.3, -0.25) is 9.59 Å². The lowest BCUT2D eigenvalue weighted by molar-refractivity contribution is -0.124. The molecule has 0 radical (unpaired) electrons. The number of fused-ring (bicyclic) bond motifs is 1. The van der Waals surface area contributed by atoms with E-state index in [1.165, 1.54) is 6.33 Å². The molecule has 1 aliphatic heterocycles. The number of aromatic nitrogens is 3. The molecule has 0 atom stereocenters. The van der Waals surface area contributed by atoms with Gasteiger partial charge in [0, 0.05) is 33.5 Å². The minimum absolute atomic E-state index is 0.00289. The molecule has 34 heavy (non-hydrogen) atoms. The van der Waals surface area contributed by atoms with Crippen molar-refractivity contribution in [2.75, 3.05) is 23.9 Å². The zero-order chi connectivity index (χ0) is 24.1. The predicted octanol–water partition coefficient (Wildman–Crippen LogP) is 2.61. The number of nitriles is 1. The van der Waals surface area contributed by atoms with Crippen molar-refractivity contribution >= 4 is 23.1 Å². The van der Waals surface area contributed by atoms with Gasteiger partial charge in [-0.2, -0.15) is 10.4 Å². The van der Waals surface area contributed by atoms with Gasteiger partial charge >= 0.3 is 0 Å². The third-order valence-corrected chi connectivity index (χ3v) is 5.83. The van der Waals surface area contributed by atoms with Gasteiger partial charge in [-0.15, -0.1) is 0 Å². The van der Waals surface area contributed by atoms with Crippen LogP contribution >= 0.6 is 0 Å². The fourth-order valence-corrected chi connectivity index (χ4v) is 4.06. The Morgan fingerprint density at radius 3 is 2.24 bits per heavy atom. The quantitative estimate of drug-likeness (QED) is 0.411. The number of carbonyl (C=O) groups is 2. The number of hydrogen-bond donors (Lipinski definition) is 1. The van der Waals surface area contributed by atoms with E-state index in [0.717, 1.165) is 22.5 Å². The largest absolute Gasteiger partial charge is 0.352 e. The number of benzene rings is 2. The Bertz CT molecular complexity index is 1240. The van der Waals surface area contributed by atoms with E-state index >= 15 is 0 Å². The summed E-state index contributed by atoms with van der Waals surface area (Å²) in [6, 6.07) is 17.5. The smallest absolute Gasteiger partial charge is 0.220 e. The highest BCUT2D eigenvalue weighted by molar-refractivity contribution is 6.03. The molecule has 1 aromatic heterocycles. The highest BCUT2D eigenvalue weighted by Crippen LogP contribution is 2.40. The fourth-order valence-electron chi connectivity index (χ4n) is 4.06. The average molecular weight is 456 g/mol. The summed E-state index contributed by atoms with van der Waals surface area (Å²) in [5.41, 5.74) is 3.87. The van der Waals surface area contributed by atoms with Crippen LogP contribution in [0.5, 0.6) is 0 Å². The molecule has 0 spiro atoms. The molecular formula is C25H25N7O2. The van der Waals surface area contributed by atoms with E-state index in [-0.39, 0.29) is 30.1 Å². The Morgan fingerprint density at radius 2 is 1.62 bits per heavy atom. The molecule has 0 aliphatic carbocycles. The van der Waals surface area contributed by atoms with E-state index in [4.69, 9.17) is 0 Å². The molecule has 0 saturated heterocycles. The number of rotatable bonds is 8. The number of hydrogen-bond acceptors (Lipinski definition) is 7. The van der Waals surface area contributed by atoms with Crippen LogP contribution in [0, 0.1) is 11.3 Å². The Labute approximate surface area is 197 Å². The van der Waals surface area contributed by atoms with Crippen LogP contribution in [0.3, 0.4) is 0 Å². The summed E-state index contributed by atoms with van der Waals surface area (Å²) >= 11 is 0. The number of carbonyl (C=O) groups excluding carboxylic acids is 2. The Morgan fingerprint density at radius 1 is 0.971 bits per heavy atom. The van der Waals surface area contributed by atoms with Gasteiger partial charge < -0.3 is 15.1 Å². The number of Topliss-reactive ketones (excluding diaryl/α,β-unsaturated/α-hetero) is 1. The van der Waals surface area contributed by atoms with Crippen molar-refractivity contribution in [3.63, 3.8) is 0 Å². The van der Waals surface area contributed by atoms with Crippen LogP contribution in [0.4, 0.5) is 11.4 Å². The van der Waals surface area contributed by atoms with Gasteiger partial charge in [0.1, 0.15) is 30.1 Å². The molecule has 4 rings (SSSR count). The van der Waals surface area contributed by atoms with Gasteiger partial charge in [-0.1, -0.05) is 36.4 Å². The Hall–Kier alpha value is -4.45. The summed E-state index contributed by atoms with van der Waals surface area (Å²) in [4.78, 5) is 33.0. The van der Waals surface area contributed by atoms with Gasteiger partial charge in [-0.05, 0) is 23.3 Å². The summed E-state index contributed by atoms with van der Waals surface area (Å²) in [5.74, 6) is -0.0792. The van der Waals surface area contributed by atoms with Gasteiger partial charge in [-0.25, -0.2) is 9.67 Å². The highest BCUT2D eigenvalue weighted by Gasteiger charge is 2.31. The topological polar surface area (TPSA) is 107 Å². The summed E-state index contributed by atoms with van der Waals surface area (Å²) < 4.78 is 1.71. The zero-order valence-electron chi connectivity index (χ0n) is 19.1. The van der Waals surface area contributed by atoms with Gasteiger partial charge in [0.2, 0.25) is 5.91 Å². The second-order valence-corrected chi connectivity index (χ2v) is 7.98. The van der Waals surface area contributed by atoms with Gasteiger partial charge in [0.25, 0.3) is 0 Å². The average Bonchev–Trinajstić information content (AvgIpc) is 3.45. The summed E-state index contributed by atoms with van der Waals surface area (Å²) in [6.07, 6.45) is 3.08. The number of nitrogens with one attached hydrogen (secondary N) is 1. The fraction of sp³-hybridized carbons (Fsp3) is 0.240. The number of allylic oxidation sites excluding steroid dienone is 1. The maximum absolute atomic E-state index is 12.9. The molecule has 3 aromatic rings. The van der Waals surface area contributed by atoms with E-state index < -0.39 is 0 Å². The van der Waals surface area contributed by atoms with Crippen molar-refractivity contribution < 1.29 is 9.59 Å². The first-order chi connectivity index (χ1) is 16.5. The lowest BCUT2D eigenvalue weighted by Gasteiger charge is -2.19. The first-order valence-electron chi connectivity index (χ1n) is 10.9. The Balaban J connectivity index is 1.37. The van der Waals surface area contributed by atoms with Crippen LogP contribution in [0.15, 0.2) is 72.6 Å². The van der Waals surface area contributed by atoms with Crippen LogP contribution in [0.25, 0.3) is 0 Å². The van der Waals surface area contributed by atoms with Crippen molar-refractivity contribution in [1.82, 2.24) is 20.1 Å². The van der Waals surface area contributed by atoms with Crippen LogP contribution < -0.4 is 15.1 Å². The maximum Gasteiger partial charge on any atom is 0.220 e. The van der Waals surface area contributed by atoms with Crippen molar-refractivity contribution in [1.29, 1.82) is 5.26 Å². The van der Waals surface area contributed by atoms with Crippen LogP contribution in [0.2, 0.25) is 0 Å². The molecule has 172 valence electrons. The second kappa shape index (κ2) is 10.0. The molecule has 1 aliphatic rings. The molecule has 0 fully saturated rings. The minimum Gasteiger partial charge on any atom is -0.352 e. The normalized spacial score (nSPS) is 12.3. The van der Waals surface area contributed by atoms with E-state index in [1.54, 1.807) is 11.0 Å². The molecule has 1 amide bonds. The molecule has 9 heteroatoms. The predicted molar refractivity (Wildman–Crippen MR) is 128 cm³/mol. The zero-order valence-corrected chi connectivity index (χ0v) is 19.1. The number of nitrogens with zero attached hydrogens (tertiary/aromatic N) is 6. The molecule has 1 N–H and O–H groups in total. The summed E-state index contributed by atoms with van der Waals surface area (Å²) in [6.45, 7) is 0.887. The SMILES string of the molecule is CN1C(=C(C#N)C(=O)CCC(=O)NCc2ccccc2Cn2cncn2)N(C)c2ccccc21. The van der Waals surface area contributed by atoms with Crippen molar-refractivity contribution in [3.05, 3.63) is 83.7 Å². The monoisotopic (exact) mass is 455 g/mol. The minimum atomic E-state index is -0.356. The van der Waals surface area contributed by atoms with E-state index in [1.807, 2.05) is 72.4 Å². The number of amides is 1. The molecule has 2 aromatic carbocycles. The number of ketones is 1. The Kier molecular flexibility index (Phi) is 6.69. The molecular weight excluding hydrogens is 430 g/mol. The summed E-state index contributed by atoms with van der Waals surface area (Å²) in [5, 5.41) is 16.7. The van der Waals surface area contributed by atoms with Crippen LogP contribution in [-0.2, 0) is 22.7 Å². The van der Waals surface area contributed by atoms with Crippen molar-refractivity contribution in [2.24, 2.45) is 0 Å². The first-order valence-corrected chi connectivity index (χ1v) is 10.9. The lowest BCUT2D eigenvalue weighted by Crippen LogP contribution is -2.27. The third kappa shape index (κ3) is 4.66. The molecule has 0 saturated carbocycles. The van der Waals surface area contributed by atoms with Crippen LogP contribution in [-0.4, -0.2) is 40.6 Å². The van der Waals surface area contributed by atoms with E-state index in [2.05, 4.69) is 21.5 Å². The van der Waals surface area contributed by atoms with Gasteiger partial charge in [0.05, 0.1) is 17.9 Å². The standard InChI is InChI=1S/C25H25N7O2/c1-30-21-9-5-6-10-22(21)31(2)25(30)20(13-26)23(33)11-12-24(34)28-14-18-7-3-4-8-19(18)15-32-17-27-16-29-32/h3-10,16-17H,11-12,14-15H2,1-2H3,(H,28,34). The highest BCUT2D eigenvalue weighted by atomic mass is 16.2. The van der Waals surface area contributed by atoms with Crippen molar-refractivity contribution in [3.8, 4) is 6.07 Å². The van der Waals surface area contributed by atoms with E-state index in [0.29, 0.717) is 18.9 Å². The second-order valence-electron chi connectivity index (χ2n) is 7.98. The van der Waals surface area contributed by atoms with Gasteiger partial charge in [0.15, 0.2) is 5.78 Å². The molecule has 0 bridgehead atoms. The first kappa shape index (κ1) is 22.7. The molecule has 9 nitrogen and oxygen atoms in total. The summed E-state index contributed by atoms with van der Waals surface area (Å²) in [7, 11) is 3.65. The molecule has 2 heterocycles. The van der Waals surface area contributed by atoms with Crippen LogP contribution in [0.1, 0.15) is 24.0 Å². The van der Waals surface area contributed by atoms with E-state index in [9.17, 15) is 14.9 Å². The number of anilines is 2. The maximum atomic E-state index is 12.9. The number of para-hydroxylation sites is 2. The van der Waals surface area contributed by atoms with Crippen molar-refractivity contribution in [2.45, 2.75) is 25.9 Å². The third-order valence-electron chi connectivity index (χ3n) is 5.83. The lowest BCUT2D eigenvalue weighted by atomic mass is 10.1. The molecule has 0 unspecified atom stereocenters.